The number of carbonyl (C=O) groups excluding carboxylic acids is 1. The summed E-state index contributed by atoms with van der Waals surface area (Å²) in [5.41, 5.74) is -0.202. The smallest absolute Gasteiger partial charge is 0.406 e. The van der Waals surface area contributed by atoms with Gasteiger partial charge in [0.05, 0.1) is 10.6 Å². The van der Waals surface area contributed by atoms with Gasteiger partial charge >= 0.3 is 12.1 Å². The van der Waals surface area contributed by atoms with Crippen molar-refractivity contribution in [2.75, 3.05) is 13.1 Å². The highest BCUT2D eigenvalue weighted by molar-refractivity contribution is 9.10. The molecule has 9 heteroatoms. The van der Waals surface area contributed by atoms with E-state index < -0.39 is 31.1 Å². The number of alkyl halides is 3. The molecule has 0 aliphatic carbocycles. The van der Waals surface area contributed by atoms with Crippen molar-refractivity contribution in [3.63, 3.8) is 0 Å². The van der Waals surface area contributed by atoms with Crippen LogP contribution in [0.25, 0.3) is 0 Å². The van der Waals surface area contributed by atoms with Gasteiger partial charge in [0.2, 0.25) is 0 Å². The van der Waals surface area contributed by atoms with Crippen LogP contribution < -0.4 is 0 Å². The average Bonchev–Trinajstić information content (AvgIpc) is 2.28. The van der Waals surface area contributed by atoms with E-state index in [1.54, 1.807) is 0 Å². The summed E-state index contributed by atoms with van der Waals surface area (Å²) in [6, 6.07) is 4.06. The van der Waals surface area contributed by atoms with Crippen molar-refractivity contribution < 1.29 is 27.9 Å². The van der Waals surface area contributed by atoms with Crippen LogP contribution in [-0.2, 0) is 4.79 Å². The monoisotopic (exact) mass is 373 g/mol. The van der Waals surface area contributed by atoms with Crippen LogP contribution in [-0.4, -0.2) is 41.1 Å². The van der Waals surface area contributed by atoms with Gasteiger partial charge in [-0.05, 0) is 18.2 Å². The zero-order valence-corrected chi connectivity index (χ0v) is 12.1. The first kappa shape index (κ1) is 16.8. The van der Waals surface area contributed by atoms with Crippen LogP contribution in [0.1, 0.15) is 10.4 Å². The third-order valence-corrected chi connectivity index (χ3v) is 2.97. The maximum absolute atomic E-state index is 12.4. The van der Waals surface area contributed by atoms with Gasteiger partial charge in [-0.15, -0.1) is 0 Å². The fourth-order valence-corrected chi connectivity index (χ4v) is 1.97. The van der Waals surface area contributed by atoms with Gasteiger partial charge in [0.15, 0.2) is 0 Å². The Morgan fingerprint density at radius 3 is 2.45 bits per heavy atom. The van der Waals surface area contributed by atoms with Crippen LogP contribution in [0.3, 0.4) is 0 Å². The molecule has 1 N–H and O–H groups in total. The summed E-state index contributed by atoms with van der Waals surface area (Å²) in [5.74, 6) is -2.65. The molecule has 0 bridgehead atoms. The molecule has 1 rings (SSSR count). The lowest BCUT2D eigenvalue weighted by molar-refractivity contribution is -0.149. The highest BCUT2D eigenvalue weighted by Crippen LogP contribution is 2.24. The van der Waals surface area contributed by atoms with Crippen molar-refractivity contribution >= 4 is 39.4 Å². The summed E-state index contributed by atoms with van der Waals surface area (Å²) in [6.07, 6.45) is -4.70. The quantitative estimate of drug-likeness (QED) is 0.880. The molecule has 0 spiro atoms. The first-order valence-corrected chi connectivity index (χ1v) is 6.30. The molecular formula is C11H8BrClF3NO3. The molecule has 1 aromatic carbocycles. The molecule has 0 fully saturated rings. The minimum atomic E-state index is -4.70. The molecule has 110 valence electrons. The average molecular weight is 375 g/mol. The lowest BCUT2D eigenvalue weighted by Gasteiger charge is -2.22. The Bertz CT molecular complexity index is 536. The molecule has 0 aliphatic rings. The highest BCUT2D eigenvalue weighted by Gasteiger charge is 2.34. The van der Waals surface area contributed by atoms with Crippen molar-refractivity contribution in [3.05, 3.63) is 33.3 Å². The Morgan fingerprint density at radius 2 is 1.95 bits per heavy atom. The lowest BCUT2D eigenvalue weighted by Crippen LogP contribution is -2.42. The zero-order chi connectivity index (χ0) is 15.5. The number of rotatable bonds is 4. The molecular weight excluding hydrogens is 366 g/mol. The summed E-state index contributed by atoms with van der Waals surface area (Å²) in [4.78, 5) is 22.7. The molecule has 0 radical (unpaired) electrons. The first-order valence-electron chi connectivity index (χ1n) is 5.13. The van der Waals surface area contributed by atoms with E-state index >= 15 is 0 Å². The molecule has 0 aliphatic heterocycles. The zero-order valence-electron chi connectivity index (χ0n) is 9.75. The standard InChI is InChI=1S/C11H8BrClF3NO3/c12-6-1-2-8(13)7(3-6)10(20)17(4-9(18)19)5-11(14,15)16/h1-3H,4-5H2,(H,18,19). The topological polar surface area (TPSA) is 57.6 Å². The van der Waals surface area contributed by atoms with Crippen LogP contribution in [0.5, 0.6) is 0 Å². The lowest BCUT2D eigenvalue weighted by atomic mass is 10.2. The van der Waals surface area contributed by atoms with E-state index in [-0.39, 0.29) is 15.5 Å². The maximum Gasteiger partial charge on any atom is 0.406 e. The van der Waals surface area contributed by atoms with E-state index in [1.165, 1.54) is 18.2 Å². The first-order chi connectivity index (χ1) is 9.10. The number of halogens is 5. The Morgan fingerprint density at radius 1 is 1.35 bits per heavy atom. The van der Waals surface area contributed by atoms with Crippen molar-refractivity contribution in [3.8, 4) is 0 Å². The molecule has 20 heavy (non-hydrogen) atoms. The molecule has 0 saturated heterocycles. The summed E-state index contributed by atoms with van der Waals surface area (Å²) in [7, 11) is 0. The van der Waals surface area contributed by atoms with Gasteiger partial charge in [-0.2, -0.15) is 13.2 Å². The number of hydrogen-bond donors (Lipinski definition) is 1. The van der Waals surface area contributed by atoms with E-state index in [1.807, 2.05) is 0 Å². The highest BCUT2D eigenvalue weighted by atomic mass is 79.9. The second-order valence-corrected chi connectivity index (χ2v) is 5.12. The molecule has 0 unspecified atom stereocenters. The fourth-order valence-electron chi connectivity index (χ4n) is 1.41. The van der Waals surface area contributed by atoms with E-state index in [0.29, 0.717) is 4.47 Å². The molecule has 0 atom stereocenters. The van der Waals surface area contributed by atoms with Crippen molar-refractivity contribution in [1.82, 2.24) is 4.90 Å². The van der Waals surface area contributed by atoms with Crippen LogP contribution in [0.4, 0.5) is 13.2 Å². The van der Waals surface area contributed by atoms with Gasteiger partial charge in [0, 0.05) is 4.47 Å². The summed E-state index contributed by atoms with van der Waals surface area (Å²) >= 11 is 8.80. The minimum Gasteiger partial charge on any atom is -0.480 e. The Kier molecular flexibility index (Phi) is 5.41. The summed E-state index contributed by atoms with van der Waals surface area (Å²) < 4.78 is 37.6. The van der Waals surface area contributed by atoms with Crippen LogP contribution in [0.2, 0.25) is 5.02 Å². The normalized spacial score (nSPS) is 11.2. The van der Waals surface area contributed by atoms with Gasteiger partial charge < -0.3 is 10.0 Å². The second kappa shape index (κ2) is 6.45. The molecule has 1 aromatic rings. The number of amides is 1. The van der Waals surface area contributed by atoms with E-state index in [0.717, 1.165) is 0 Å². The van der Waals surface area contributed by atoms with Gasteiger partial charge in [-0.25, -0.2) is 0 Å². The molecule has 1 amide bonds. The van der Waals surface area contributed by atoms with E-state index in [9.17, 15) is 22.8 Å². The summed E-state index contributed by atoms with van der Waals surface area (Å²) in [6.45, 7) is -2.73. The maximum atomic E-state index is 12.4. The number of aliphatic carboxylic acids is 1. The van der Waals surface area contributed by atoms with Crippen LogP contribution >= 0.6 is 27.5 Å². The number of carboxylic acids is 1. The third-order valence-electron chi connectivity index (χ3n) is 2.14. The molecule has 0 heterocycles. The van der Waals surface area contributed by atoms with Gasteiger partial charge in [-0.3, -0.25) is 9.59 Å². The van der Waals surface area contributed by atoms with Crippen LogP contribution in [0, 0.1) is 0 Å². The number of carbonyl (C=O) groups is 2. The minimum absolute atomic E-state index is 0.0595. The Hall–Kier alpha value is -1.28. The summed E-state index contributed by atoms with van der Waals surface area (Å²) in [5, 5.41) is 8.54. The molecule has 0 saturated carbocycles. The van der Waals surface area contributed by atoms with Crippen molar-refractivity contribution in [1.29, 1.82) is 0 Å². The largest absolute Gasteiger partial charge is 0.480 e. The predicted molar refractivity (Wildman–Crippen MR) is 68.7 cm³/mol. The predicted octanol–water partition coefficient (Wildman–Crippen LogP) is 3.19. The third kappa shape index (κ3) is 5.01. The van der Waals surface area contributed by atoms with E-state index in [4.69, 9.17) is 16.7 Å². The van der Waals surface area contributed by atoms with Crippen molar-refractivity contribution in [2.45, 2.75) is 6.18 Å². The fraction of sp³-hybridized carbons (Fsp3) is 0.273. The van der Waals surface area contributed by atoms with Crippen LogP contribution in [0.15, 0.2) is 22.7 Å². The van der Waals surface area contributed by atoms with E-state index in [2.05, 4.69) is 15.9 Å². The Balaban J connectivity index is 3.09. The molecule has 0 aromatic heterocycles. The molecule has 4 nitrogen and oxygen atoms in total. The SMILES string of the molecule is O=C(O)CN(CC(F)(F)F)C(=O)c1cc(Br)ccc1Cl. The number of hydrogen-bond acceptors (Lipinski definition) is 2. The number of nitrogens with zero attached hydrogens (tertiary/aromatic N) is 1. The number of carboxylic acid groups (broad SMARTS) is 1. The second-order valence-electron chi connectivity index (χ2n) is 3.79. The number of benzene rings is 1. The Labute approximate surface area is 125 Å². The van der Waals surface area contributed by atoms with Gasteiger partial charge in [0.25, 0.3) is 5.91 Å². The van der Waals surface area contributed by atoms with Crippen molar-refractivity contribution in [2.24, 2.45) is 0 Å². The van der Waals surface area contributed by atoms with Gasteiger partial charge in [-0.1, -0.05) is 27.5 Å². The van der Waals surface area contributed by atoms with Gasteiger partial charge in [0.1, 0.15) is 13.1 Å².